The maximum absolute atomic E-state index is 12.7. The number of fused-ring (bicyclic) bond motifs is 1. The molecule has 2 atom stereocenters. The number of nitrogens with two attached hydrogens (primary N) is 1. The summed E-state index contributed by atoms with van der Waals surface area (Å²) in [5.41, 5.74) is 6.11. The summed E-state index contributed by atoms with van der Waals surface area (Å²) in [6, 6.07) is 7.47. The van der Waals surface area contributed by atoms with E-state index in [9.17, 15) is 13.2 Å². The van der Waals surface area contributed by atoms with Crippen LogP contribution in [0.25, 0.3) is 0 Å². The molecule has 0 saturated carbocycles. The molecule has 1 aromatic rings. The van der Waals surface area contributed by atoms with Crippen molar-refractivity contribution in [2.45, 2.75) is 18.7 Å². The van der Waals surface area contributed by atoms with E-state index in [1.165, 1.54) is 0 Å². The molecule has 0 radical (unpaired) electrons. The summed E-state index contributed by atoms with van der Waals surface area (Å²) >= 11 is 0. The molecule has 2 unspecified atom stereocenters. The standard InChI is InChI=1S/C13H16F3N3O2/c14-13(15,16)10(12(17)19-20)7-18-6-9-5-8-3-1-2-4-11(8)21-9/h1-4,9-10,18,20H,5-7H2,(H2,17,19). The molecule has 0 aromatic heterocycles. The second-order valence-corrected chi connectivity index (χ2v) is 4.83. The lowest BCUT2D eigenvalue weighted by Gasteiger charge is -2.20. The van der Waals surface area contributed by atoms with Gasteiger partial charge in [-0.25, -0.2) is 0 Å². The molecular weight excluding hydrogens is 287 g/mol. The number of rotatable bonds is 5. The van der Waals surface area contributed by atoms with Gasteiger partial charge in [0.15, 0.2) is 5.84 Å². The van der Waals surface area contributed by atoms with Crippen LogP contribution in [0.4, 0.5) is 13.2 Å². The Bertz CT molecular complexity index is 495. The van der Waals surface area contributed by atoms with Crippen LogP contribution < -0.4 is 15.8 Å². The molecule has 0 bridgehead atoms. The fourth-order valence-electron chi connectivity index (χ4n) is 2.21. The van der Waals surface area contributed by atoms with E-state index in [1.807, 2.05) is 24.3 Å². The van der Waals surface area contributed by atoms with E-state index in [0.29, 0.717) is 6.42 Å². The molecule has 0 fully saturated rings. The van der Waals surface area contributed by atoms with Gasteiger partial charge in [-0.1, -0.05) is 23.4 Å². The normalized spacial score (nSPS) is 20.0. The van der Waals surface area contributed by atoms with Gasteiger partial charge < -0.3 is 21.0 Å². The highest BCUT2D eigenvalue weighted by Gasteiger charge is 2.42. The van der Waals surface area contributed by atoms with Crippen LogP contribution in [0.15, 0.2) is 29.4 Å². The minimum Gasteiger partial charge on any atom is -0.488 e. The van der Waals surface area contributed by atoms with Crippen molar-refractivity contribution >= 4 is 5.84 Å². The molecule has 4 N–H and O–H groups in total. The zero-order valence-electron chi connectivity index (χ0n) is 11.1. The molecule has 21 heavy (non-hydrogen) atoms. The van der Waals surface area contributed by atoms with Crippen molar-refractivity contribution in [3.63, 3.8) is 0 Å². The number of alkyl halides is 3. The lowest BCUT2D eigenvalue weighted by atomic mass is 10.1. The van der Waals surface area contributed by atoms with Gasteiger partial charge in [-0.3, -0.25) is 0 Å². The topological polar surface area (TPSA) is 79.9 Å². The summed E-state index contributed by atoms with van der Waals surface area (Å²) in [7, 11) is 0. The Kier molecular flexibility index (Phi) is 4.56. The maximum atomic E-state index is 12.7. The Morgan fingerprint density at radius 1 is 1.48 bits per heavy atom. The molecule has 5 nitrogen and oxygen atoms in total. The number of amidine groups is 1. The fourth-order valence-corrected chi connectivity index (χ4v) is 2.21. The molecule has 2 rings (SSSR count). The SMILES string of the molecule is N/C(=N/O)C(CNCC1Cc2ccccc2O1)C(F)(F)F. The monoisotopic (exact) mass is 303 g/mol. The van der Waals surface area contributed by atoms with Crippen LogP contribution in [0.3, 0.4) is 0 Å². The van der Waals surface area contributed by atoms with E-state index in [1.54, 1.807) is 0 Å². The third-order valence-corrected chi connectivity index (χ3v) is 3.30. The maximum Gasteiger partial charge on any atom is 0.400 e. The number of halogens is 3. The molecule has 0 amide bonds. The molecule has 0 spiro atoms. The summed E-state index contributed by atoms with van der Waals surface area (Å²) in [6.45, 7) is -0.213. The van der Waals surface area contributed by atoms with Crippen LogP contribution in [-0.4, -0.2) is 36.4 Å². The molecule has 1 aliphatic heterocycles. The number of nitrogens with zero attached hydrogens (tertiary/aromatic N) is 1. The summed E-state index contributed by atoms with van der Waals surface area (Å²) in [4.78, 5) is 0. The smallest absolute Gasteiger partial charge is 0.400 e. The van der Waals surface area contributed by atoms with E-state index in [0.717, 1.165) is 11.3 Å². The Morgan fingerprint density at radius 3 is 2.81 bits per heavy atom. The predicted octanol–water partition coefficient (Wildman–Crippen LogP) is 1.50. The molecule has 1 aromatic carbocycles. The second kappa shape index (κ2) is 6.21. The van der Waals surface area contributed by atoms with Crippen LogP contribution in [0.2, 0.25) is 0 Å². The van der Waals surface area contributed by atoms with E-state index < -0.39 is 24.5 Å². The number of para-hydroxylation sites is 1. The van der Waals surface area contributed by atoms with Crippen LogP contribution in [-0.2, 0) is 6.42 Å². The quantitative estimate of drug-likeness (QED) is 0.333. The number of ether oxygens (including phenoxy) is 1. The first kappa shape index (κ1) is 15.4. The van der Waals surface area contributed by atoms with Gasteiger partial charge in [0, 0.05) is 19.5 Å². The Morgan fingerprint density at radius 2 is 2.19 bits per heavy atom. The summed E-state index contributed by atoms with van der Waals surface area (Å²) in [6.07, 6.45) is -4.14. The van der Waals surface area contributed by atoms with E-state index in [-0.39, 0.29) is 12.6 Å². The number of oxime groups is 1. The number of benzene rings is 1. The molecular formula is C13H16F3N3O2. The number of hydrogen-bond acceptors (Lipinski definition) is 4. The van der Waals surface area contributed by atoms with Gasteiger partial charge in [-0.15, -0.1) is 0 Å². The van der Waals surface area contributed by atoms with Gasteiger partial charge >= 0.3 is 6.18 Å². The van der Waals surface area contributed by atoms with Crippen LogP contribution in [0.5, 0.6) is 5.75 Å². The number of hydrogen-bond donors (Lipinski definition) is 3. The largest absolute Gasteiger partial charge is 0.488 e. The third kappa shape index (κ3) is 3.78. The van der Waals surface area contributed by atoms with Crippen molar-refractivity contribution in [1.82, 2.24) is 5.32 Å². The van der Waals surface area contributed by atoms with Gasteiger partial charge in [0.25, 0.3) is 0 Å². The Hall–Kier alpha value is -1.96. The van der Waals surface area contributed by atoms with E-state index >= 15 is 0 Å². The van der Waals surface area contributed by atoms with Gasteiger partial charge in [0.05, 0.1) is 0 Å². The summed E-state index contributed by atoms with van der Waals surface area (Å²) in [5, 5.41) is 13.5. The van der Waals surface area contributed by atoms with E-state index in [4.69, 9.17) is 15.7 Å². The van der Waals surface area contributed by atoms with Crippen molar-refractivity contribution < 1.29 is 23.1 Å². The van der Waals surface area contributed by atoms with Crippen molar-refractivity contribution in [2.75, 3.05) is 13.1 Å². The summed E-state index contributed by atoms with van der Waals surface area (Å²) < 4.78 is 43.8. The molecule has 8 heteroatoms. The highest BCUT2D eigenvalue weighted by molar-refractivity contribution is 5.83. The number of nitrogens with one attached hydrogen (secondary N) is 1. The van der Waals surface area contributed by atoms with Crippen LogP contribution >= 0.6 is 0 Å². The van der Waals surface area contributed by atoms with Gasteiger partial charge in [-0.05, 0) is 11.6 Å². The van der Waals surface area contributed by atoms with Crippen LogP contribution in [0, 0.1) is 5.92 Å². The molecule has 0 saturated heterocycles. The highest BCUT2D eigenvalue weighted by Crippen LogP contribution is 2.28. The van der Waals surface area contributed by atoms with Crippen molar-refractivity contribution in [3.05, 3.63) is 29.8 Å². The molecule has 1 aliphatic rings. The van der Waals surface area contributed by atoms with Gasteiger partial charge in [-0.2, -0.15) is 13.2 Å². The van der Waals surface area contributed by atoms with Crippen molar-refractivity contribution in [2.24, 2.45) is 16.8 Å². The van der Waals surface area contributed by atoms with Crippen molar-refractivity contribution in [3.8, 4) is 5.75 Å². The van der Waals surface area contributed by atoms with Crippen LogP contribution in [0.1, 0.15) is 5.56 Å². The first-order chi connectivity index (χ1) is 9.91. The minimum atomic E-state index is -4.57. The predicted molar refractivity (Wildman–Crippen MR) is 70.4 cm³/mol. The molecule has 116 valence electrons. The van der Waals surface area contributed by atoms with E-state index in [2.05, 4.69) is 10.5 Å². The average Bonchev–Trinajstić information content (AvgIpc) is 2.84. The van der Waals surface area contributed by atoms with Gasteiger partial charge in [0.2, 0.25) is 0 Å². The molecule has 1 heterocycles. The summed E-state index contributed by atoms with van der Waals surface area (Å²) in [5.74, 6) is -2.12. The first-order valence-electron chi connectivity index (χ1n) is 6.41. The first-order valence-corrected chi connectivity index (χ1v) is 6.41. The second-order valence-electron chi connectivity index (χ2n) is 4.83. The minimum absolute atomic E-state index is 0.219. The van der Waals surface area contributed by atoms with Gasteiger partial charge in [0.1, 0.15) is 17.8 Å². The lowest BCUT2D eigenvalue weighted by Crippen LogP contribution is -2.44. The third-order valence-electron chi connectivity index (χ3n) is 3.30. The van der Waals surface area contributed by atoms with Crippen molar-refractivity contribution in [1.29, 1.82) is 0 Å². The zero-order chi connectivity index (χ0) is 15.5. The molecule has 0 aliphatic carbocycles. The lowest BCUT2D eigenvalue weighted by molar-refractivity contribution is -0.155. The Labute approximate surface area is 119 Å². The fraction of sp³-hybridized carbons (Fsp3) is 0.462. The Balaban J connectivity index is 1.85. The zero-order valence-corrected chi connectivity index (χ0v) is 11.1. The average molecular weight is 303 g/mol. The highest BCUT2D eigenvalue weighted by atomic mass is 19.4.